The van der Waals surface area contributed by atoms with E-state index in [2.05, 4.69) is 27.8 Å². The monoisotopic (exact) mass is 247 g/mol. The van der Waals surface area contributed by atoms with Gasteiger partial charge in [0.05, 0.1) is 4.88 Å². The fraction of sp³-hybridized carbons (Fsp3) is 0.538. The molecule has 0 saturated carbocycles. The molecule has 0 radical (unpaired) electrons. The first-order valence-corrected chi connectivity index (χ1v) is 7.20. The summed E-state index contributed by atoms with van der Waals surface area (Å²) in [6.45, 7) is 3.19. The first-order chi connectivity index (χ1) is 8.38. The van der Waals surface area contributed by atoms with Gasteiger partial charge in [0, 0.05) is 11.4 Å². The Labute approximate surface area is 106 Å². The summed E-state index contributed by atoms with van der Waals surface area (Å²) in [7, 11) is 0. The van der Waals surface area contributed by atoms with Gasteiger partial charge in [-0.05, 0) is 43.7 Å². The first-order valence-electron chi connectivity index (χ1n) is 6.38. The third kappa shape index (κ3) is 2.02. The molecule has 90 valence electrons. The molecule has 4 heteroatoms. The summed E-state index contributed by atoms with van der Waals surface area (Å²) in [6.07, 6.45) is 8.14. The maximum atomic E-state index is 4.27. The molecule has 17 heavy (non-hydrogen) atoms. The summed E-state index contributed by atoms with van der Waals surface area (Å²) in [5.41, 5.74) is 1.54. The van der Waals surface area contributed by atoms with Crippen molar-refractivity contribution in [3.05, 3.63) is 22.8 Å². The number of fused-ring (bicyclic) bond motifs is 1. The van der Waals surface area contributed by atoms with Crippen LogP contribution in [0.5, 0.6) is 0 Å². The highest BCUT2D eigenvalue weighted by Gasteiger charge is 2.16. The Bertz CT molecular complexity index is 489. The molecule has 0 saturated heterocycles. The van der Waals surface area contributed by atoms with Crippen molar-refractivity contribution < 1.29 is 0 Å². The van der Waals surface area contributed by atoms with Gasteiger partial charge < -0.3 is 4.57 Å². The summed E-state index contributed by atoms with van der Waals surface area (Å²) >= 11 is 1.91. The van der Waals surface area contributed by atoms with Crippen LogP contribution in [0.15, 0.2) is 12.4 Å². The van der Waals surface area contributed by atoms with E-state index < -0.39 is 0 Å². The van der Waals surface area contributed by atoms with E-state index in [0.29, 0.717) is 0 Å². The second kappa shape index (κ2) is 4.61. The third-order valence-corrected chi connectivity index (χ3v) is 4.53. The van der Waals surface area contributed by atoms with Gasteiger partial charge in [0.15, 0.2) is 5.82 Å². The number of hydrogen-bond acceptors (Lipinski definition) is 3. The number of aryl methyl sites for hydroxylation is 3. The largest absolute Gasteiger partial charge is 0.313 e. The molecule has 2 aromatic heterocycles. The lowest BCUT2D eigenvalue weighted by Gasteiger charge is -2.08. The summed E-state index contributed by atoms with van der Waals surface area (Å²) in [4.78, 5) is 2.86. The van der Waals surface area contributed by atoms with Gasteiger partial charge in [-0.2, -0.15) is 0 Å². The quantitative estimate of drug-likeness (QED) is 0.833. The number of hydrogen-bond donors (Lipinski definition) is 0. The van der Waals surface area contributed by atoms with E-state index in [1.807, 2.05) is 17.7 Å². The standard InChI is InChI=1S/C13H17N3S/c1-2-7-16-9-14-15-13(16)12-8-10-5-3-4-6-11(10)17-12/h8-9H,2-7H2,1H3. The van der Waals surface area contributed by atoms with E-state index in [0.717, 1.165) is 18.8 Å². The van der Waals surface area contributed by atoms with Crippen LogP contribution < -0.4 is 0 Å². The molecular formula is C13H17N3S. The first kappa shape index (κ1) is 11.0. The van der Waals surface area contributed by atoms with Gasteiger partial charge in [-0.25, -0.2) is 0 Å². The van der Waals surface area contributed by atoms with Crippen molar-refractivity contribution in [1.29, 1.82) is 0 Å². The molecule has 0 fully saturated rings. The molecule has 2 aromatic rings. The van der Waals surface area contributed by atoms with E-state index in [1.165, 1.54) is 30.6 Å². The number of nitrogens with zero attached hydrogens (tertiary/aromatic N) is 3. The molecule has 0 unspecified atom stereocenters. The van der Waals surface area contributed by atoms with E-state index in [9.17, 15) is 0 Å². The lowest BCUT2D eigenvalue weighted by atomic mass is 9.99. The van der Waals surface area contributed by atoms with E-state index in [1.54, 1.807) is 10.4 Å². The van der Waals surface area contributed by atoms with Gasteiger partial charge >= 0.3 is 0 Å². The Balaban J connectivity index is 1.97. The molecule has 1 aliphatic rings. The maximum absolute atomic E-state index is 4.27. The second-order valence-electron chi connectivity index (χ2n) is 4.61. The molecule has 0 amide bonds. The van der Waals surface area contributed by atoms with Gasteiger partial charge in [-0.15, -0.1) is 21.5 Å². The summed E-state index contributed by atoms with van der Waals surface area (Å²) in [5.74, 6) is 1.05. The van der Waals surface area contributed by atoms with Gasteiger partial charge in [-0.1, -0.05) is 6.92 Å². The van der Waals surface area contributed by atoms with Gasteiger partial charge in [0.25, 0.3) is 0 Å². The normalized spacial score (nSPS) is 14.9. The molecule has 0 bridgehead atoms. The maximum Gasteiger partial charge on any atom is 0.173 e. The predicted octanol–water partition coefficient (Wildman–Crippen LogP) is 3.30. The predicted molar refractivity (Wildman–Crippen MR) is 70.3 cm³/mol. The highest BCUT2D eigenvalue weighted by molar-refractivity contribution is 7.15. The van der Waals surface area contributed by atoms with Gasteiger partial charge in [-0.3, -0.25) is 0 Å². The molecule has 0 aliphatic heterocycles. The summed E-state index contributed by atoms with van der Waals surface area (Å²) < 4.78 is 2.16. The molecule has 0 atom stereocenters. The molecular weight excluding hydrogens is 230 g/mol. The minimum absolute atomic E-state index is 1.00. The summed E-state index contributed by atoms with van der Waals surface area (Å²) in [5, 5.41) is 8.31. The fourth-order valence-electron chi connectivity index (χ4n) is 2.45. The number of aromatic nitrogens is 3. The Morgan fingerprint density at radius 1 is 1.35 bits per heavy atom. The molecule has 0 aromatic carbocycles. The lowest BCUT2D eigenvalue weighted by Crippen LogP contribution is -1.97. The number of thiophene rings is 1. The van der Waals surface area contributed by atoms with Crippen molar-refractivity contribution in [2.75, 3.05) is 0 Å². The lowest BCUT2D eigenvalue weighted by molar-refractivity contribution is 0.683. The smallest absolute Gasteiger partial charge is 0.173 e. The molecule has 3 nitrogen and oxygen atoms in total. The zero-order valence-corrected chi connectivity index (χ0v) is 11.0. The average molecular weight is 247 g/mol. The minimum atomic E-state index is 1.00. The van der Waals surface area contributed by atoms with Gasteiger partial charge in [0.1, 0.15) is 6.33 Å². The third-order valence-electron chi connectivity index (χ3n) is 3.30. The Morgan fingerprint density at radius 3 is 3.06 bits per heavy atom. The van der Waals surface area contributed by atoms with Crippen LogP contribution in [-0.2, 0) is 19.4 Å². The Hall–Kier alpha value is -1.16. The van der Waals surface area contributed by atoms with Crippen LogP contribution in [0.2, 0.25) is 0 Å². The van der Waals surface area contributed by atoms with Crippen LogP contribution >= 0.6 is 11.3 Å². The van der Waals surface area contributed by atoms with Crippen molar-refractivity contribution in [3.8, 4) is 10.7 Å². The molecule has 2 heterocycles. The molecule has 3 rings (SSSR count). The van der Waals surface area contributed by atoms with Crippen molar-refractivity contribution in [2.24, 2.45) is 0 Å². The highest BCUT2D eigenvalue weighted by atomic mass is 32.1. The highest BCUT2D eigenvalue weighted by Crippen LogP contribution is 2.34. The summed E-state index contributed by atoms with van der Waals surface area (Å²) in [6, 6.07) is 2.33. The van der Waals surface area contributed by atoms with Crippen molar-refractivity contribution in [1.82, 2.24) is 14.8 Å². The second-order valence-corrected chi connectivity index (χ2v) is 5.75. The fourth-order valence-corrected chi connectivity index (χ4v) is 3.71. The van der Waals surface area contributed by atoms with E-state index >= 15 is 0 Å². The van der Waals surface area contributed by atoms with Crippen molar-refractivity contribution in [3.63, 3.8) is 0 Å². The van der Waals surface area contributed by atoms with Crippen LogP contribution in [0.25, 0.3) is 10.7 Å². The van der Waals surface area contributed by atoms with E-state index in [-0.39, 0.29) is 0 Å². The molecule has 0 spiro atoms. The zero-order valence-electron chi connectivity index (χ0n) is 10.1. The minimum Gasteiger partial charge on any atom is -0.313 e. The Morgan fingerprint density at radius 2 is 2.24 bits per heavy atom. The molecule has 0 N–H and O–H groups in total. The van der Waals surface area contributed by atoms with Crippen molar-refractivity contribution in [2.45, 2.75) is 45.6 Å². The van der Waals surface area contributed by atoms with Crippen LogP contribution in [0.1, 0.15) is 36.6 Å². The topological polar surface area (TPSA) is 30.7 Å². The van der Waals surface area contributed by atoms with E-state index in [4.69, 9.17) is 0 Å². The van der Waals surface area contributed by atoms with Gasteiger partial charge in [0.2, 0.25) is 0 Å². The van der Waals surface area contributed by atoms with Crippen molar-refractivity contribution >= 4 is 11.3 Å². The zero-order chi connectivity index (χ0) is 11.7. The number of rotatable bonds is 3. The van der Waals surface area contributed by atoms with Crippen LogP contribution in [-0.4, -0.2) is 14.8 Å². The SMILES string of the molecule is CCCn1cnnc1-c1cc2c(s1)CCCC2. The molecule has 1 aliphatic carbocycles. The van der Waals surface area contributed by atoms with Crippen LogP contribution in [0.3, 0.4) is 0 Å². The van der Waals surface area contributed by atoms with Crippen LogP contribution in [0, 0.1) is 0 Å². The van der Waals surface area contributed by atoms with Crippen LogP contribution in [0.4, 0.5) is 0 Å². The Kier molecular flexibility index (Phi) is 2.97. The average Bonchev–Trinajstić information content (AvgIpc) is 2.94.